The average Bonchev–Trinajstić information content (AvgIpc) is 2.20. The third kappa shape index (κ3) is 2.67. The third-order valence-corrected chi connectivity index (χ3v) is 2.89. The van der Waals surface area contributed by atoms with Gasteiger partial charge in [0.15, 0.2) is 0 Å². The maximum absolute atomic E-state index is 9.87. The van der Waals surface area contributed by atoms with Gasteiger partial charge in [-0.05, 0) is 30.5 Å². The number of aliphatic hydroxyl groups is 1. The van der Waals surface area contributed by atoms with E-state index in [-0.39, 0.29) is 16.7 Å². The van der Waals surface area contributed by atoms with Crippen molar-refractivity contribution in [3.8, 4) is 5.75 Å². The molecule has 0 aliphatic carbocycles. The molecule has 0 amide bonds. The molecular formula is C12H18ClNO2. The minimum absolute atomic E-state index is 0.0872. The summed E-state index contributed by atoms with van der Waals surface area (Å²) in [6.45, 7) is 5.72. The number of phenolic OH excluding ortho intramolecular Hbond substituents is 1. The van der Waals surface area contributed by atoms with Crippen LogP contribution in [0.4, 0.5) is 0 Å². The predicted molar refractivity (Wildman–Crippen MR) is 65.8 cm³/mol. The fourth-order valence-corrected chi connectivity index (χ4v) is 1.72. The zero-order valence-corrected chi connectivity index (χ0v) is 10.5. The van der Waals surface area contributed by atoms with E-state index in [0.29, 0.717) is 5.56 Å². The summed E-state index contributed by atoms with van der Waals surface area (Å²) in [6, 6.07) is 3.00. The van der Waals surface area contributed by atoms with Crippen LogP contribution in [0.5, 0.6) is 5.75 Å². The normalized spacial score (nSPS) is 15.2. The number of aromatic hydroxyl groups is 1. The summed E-state index contributed by atoms with van der Waals surface area (Å²) in [5, 5.41) is 19.9. The number of nitrogens with two attached hydrogens (primary N) is 1. The molecule has 2 atom stereocenters. The standard InChI is InChI=1S/C12H18ClNO2/c1-6(2)8-4-9(11(15)7(3)14)12(16)10(13)5-8/h4-7,11,15-16H,14H2,1-3H3. The van der Waals surface area contributed by atoms with Crippen LogP contribution in [0.2, 0.25) is 5.02 Å². The number of phenols is 1. The second-order valence-corrected chi connectivity index (χ2v) is 4.81. The topological polar surface area (TPSA) is 66.5 Å². The summed E-state index contributed by atoms with van der Waals surface area (Å²) < 4.78 is 0. The van der Waals surface area contributed by atoms with E-state index in [2.05, 4.69) is 0 Å². The van der Waals surface area contributed by atoms with Crippen molar-refractivity contribution >= 4 is 11.6 Å². The quantitative estimate of drug-likeness (QED) is 0.764. The molecule has 0 aliphatic heterocycles. The van der Waals surface area contributed by atoms with Crippen LogP contribution in [-0.4, -0.2) is 16.3 Å². The lowest BCUT2D eigenvalue weighted by molar-refractivity contribution is 0.150. The minimum atomic E-state index is -0.906. The van der Waals surface area contributed by atoms with Crippen LogP contribution >= 0.6 is 11.6 Å². The highest BCUT2D eigenvalue weighted by Crippen LogP contribution is 2.35. The Morgan fingerprint density at radius 2 is 1.81 bits per heavy atom. The van der Waals surface area contributed by atoms with E-state index in [1.54, 1.807) is 19.1 Å². The van der Waals surface area contributed by atoms with Gasteiger partial charge in [-0.15, -0.1) is 0 Å². The Bertz CT molecular complexity index is 378. The van der Waals surface area contributed by atoms with Crippen molar-refractivity contribution in [1.29, 1.82) is 0 Å². The summed E-state index contributed by atoms with van der Waals surface area (Å²) in [5.74, 6) is 0.188. The highest BCUT2D eigenvalue weighted by Gasteiger charge is 2.19. The molecular weight excluding hydrogens is 226 g/mol. The number of aliphatic hydroxyl groups excluding tert-OH is 1. The number of benzene rings is 1. The molecule has 0 radical (unpaired) electrons. The fourth-order valence-electron chi connectivity index (χ4n) is 1.48. The molecule has 1 aromatic carbocycles. The SMILES string of the molecule is CC(C)c1cc(Cl)c(O)c(C(O)C(C)N)c1. The van der Waals surface area contributed by atoms with Crippen molar-refractivity contribution in [2.45, 2.75) is 38.8 Å². The lowest BCUT2D eigenvalue weighted by Crippen LogP contribution is -2.24. The van der Waals surface area contributed by atoms with Crippen molar-refractivity contribution in [2.75, 3.05) is 0 Å². The molecule has 0 aliphatic rings. The van der Waals surface area contributed by atoms with Crippen LogP contribution < -0.4 is 5.73 Å². The zero-order chi connectivity index (χ0) is 12.5. The average molecular weight is 244 g/mol. The van der Waals surface area contributed by atoms with Crippen LogP contribution in [0.15, 0.2) is 12.1 Å². The third-order valence-electron chi connectivity index (χ3n) is 2.60. The van der Waals surface area contributed by atoms with Gasteiger partial charge >= 0.3 is 0 Å². The van der Waals surface area contributed by atoms with E-state index in [0.717, 1.165) is 5.56 Å². The van der Waals surface area contributed by atoms with Gasteiger partial charge in [0, 0.05) is 11.6 Å². The van der Waals surface area contributed by atoms with Crippen molar-refractivity contribution in [3.63, 3.8) is 0 Å². The summed E-state index contributed by atoms with van der Waals surface area (Å²) in [6.07, 6.45) is -0.906. The van der Waals surface area contributed by atoms with Gasteiger partial charge in [-0.25, -0.2) is 0 Å². The first kappa shape index (κ1) is 13.3. The largest absolute Gasteiger partial charge is 0.506 e. The minimum Gasteiger partial charge on any atom is -0.506 e. The highest BCUT2D eigenvalue weighted by molar-refractivity contribution is 6.32. The second kappa shape index (κ2) is 5.04. The Labute approximate surface area is 101 Å². The van der Waals surface area contributed by atoms with E-state index in [1.807, 2.05) is 13.8 Å². The molecule has 90 valence electrons. The monoisotopic (exact) mass is 243 g/mol. The van der Waals surface area contributed by atoms with Crippen molar-refractivity contribution < 1.29 is 10.2 Å². The summed E-state index contributed by atoms with van der Waals surface area (Å²) in [5.41, 5.74) is 6.97. The molecule has 1 rings (SSSR count). The first-order valence-electron chi connectivity index (χ1n) is 5.30. The molecule has 0 saturated heterocycles. The maximum atomic E-state index is 9.87. The highest BCUT2D eigenvalue weighted by atomic mass is 35.5. The van der Waals surface area contributed by atoms with E-state index < -0.39 is 12.1 Å². The van der Waals surface area contributed by atoms with E-state index >= 15 is 0 Å². The van der Waals surface area contributed by atoms with Gasteiger partial charge in [0.1, 0.15) is 5.75 Å². The van der Waals surface area contributed by atoms with Crippen molar-refractivity contribution in [2.24, 2.45) is 5.73 Å². The van der Waals surface area contributed by atoms with Crippen LogP contribution in [-0.2, 0) is 0 Å². The maximum Gasteiger partial charge on any atom is 0.140 e. The number of halogens is 1. The Morgan fingerprint density at radius 1 is 1.25 bits per heavy atom. The molecule has 0 heterocycles. The Hall–Kier alpha value is -0.770. The summed E-state index contributed by atoms with van der Waals surface area (Å²) in [7, 11) is 0. The van der Waals surface area contributed by atoms with E-state index in [4.69, 9.17) is 17.3 Å². The Morgan fingerprint density at radius 3 is 2.25 bits per heavy atom. The molecule has 0 aromatic heterocycles. The van der Waals surface area contributed by atoms with E-state index in [9.17, 15) is 10.2 Å². The number of hydrogen-bond donors (Lipinski definition) is 3. The molecule has 0 spiro atoms. The molecule has 0 fully saturated rings. The van der Waals surface area contributed by atoms with Crippen molar-refractivity contribution in [1.82, 2.24) is 0 Å². The van der Waals surface area contributed by atoms with Gasteiger partial charge in [0.25, 0.3) is 0 Å². The molecule has 1 aromatic rings. The number of rotatable bonds is 3. The van der Waals surface area contributed by atoms with Gasteiger partial charge in [-0.2, -0.15) is 0 Å². The lowest BCUT2D eigenvalue weighted by atomic mass is 9.95. The fraction of sp³-hybridized carbons (Fsp3) is 0.500. The smallest absolute Gasteiger partial charge is 0.140 e. The molecule has 4 N–H and O–H groups in total. The molecule has 0 saturated carbocycles. The zero-order valence-electron chi connectivity index (χ0n) is 9.74. The first-order chi connectivity index (χ1) is 7.34. The molecule has 0 bridgehead atoms. The van der Waals surface area contributed by atoms with Gasteiger partial charge < -0.3 is 15.9 Å². The van der Waals surface area contributed by atoms with E-state index in [1.165, 1.54) is 0 Å². The molecule has 2 unspecified atom stereocenters. The van der Waals surface area contributed by atoms with Crippen LogP contribution in [0.25, 0.3) is 0 Å². The molecule has 16 heavy (non-hydrogen) atoms. The first-order valence-corrected chi connectivity index (χ1v) is 5.68. The second-order valence-electron chi connectivity index (χ2n) is 4.40. The molecule has 4 heteroatoms. The predicted octanol–water partition coefficient (Wildman–Crippen LogP) is 2.55. The lowest BCUT2D eigenvalue weighted by Gasteiger charge is -2.19. The number of hydrogen-bond acceptors (Lipinski definition) is 3. The van der Waals surface area contributed by atoms with Crippen LogP contribution in [0.3, 0.4) is 0 Å². The molecule has 3 nitrogen and oxygen atoms in total. The summed E-state index contributed by atoms with van der Waals surface area (Å²) >= 11 is 5.91. The van der Waals surface area contributed by atoms with Gasteiger partial charge in [-0.1, -0.05) is 25.4 Å². The van der Waals surface area contributed by atoms with Crippen LogP contribution in [0.1, 0.15) is 43.9 Å². The van der Waals surface area contributed by atoms with Gasteiger partial charge in [0.2, 0.25) is 0 Å². The Kier molecular flexibility index (Phi) is 4.19. The van der Waals surface area contributed by atoms with Crippen molar-refractivity contribution in [3.05, 3.63) is 28.3 Å². The van der Waals surface area contributed by atoms with Crippen LogP contribution in [0, 0.1) is 0 Å². The summed E-state index contributed by atoms with van der Waals surface area (Å²) in [4.78, 5) is 0. The van der Waals surface area contributed by atoms with Gasteiger partial charge in [-0.3, -0.25) is 0 Å². The Balaban J connectivity index is 3.26. The van der Waals surface area contributed by atoms with Gasteiger partial charge in [0.05, 0.1) is 11.1 Å².